The lowest BCUT2D eigenvalue weighted by Gasteiger charge is -2.18. The Balaban J connectivity index is 2.65. The summed E-state index contributed by atoms with van der Waals surface area (Å²) >= 11 is 0. The molecule has 0 aromatic rings. The van der Waals surface area contributed by atoms with Gasteiger partial charge in [-0.1, -0.05) is 13.0 Å². The van der Waals surface area contributed by atoms with Gasteiger partial charge in [-0.25, -0.2) is 0 Å². The Morgan fingerprint density at radius 2 is 2.50 bits per heavy atom. The first-order chi connectivity index (χ1) is 4.69. The van der Waals surface area contributed by atoms with Gasteiger partial charge in [-0.3, -0.25) is 4.79 Å². The normalized spacial score (nSPS) is 32.7. The highest BCUT2D eigenvalue weighted by Crippen LogP contribution is 2.37. The maximum Gasteiger partial charge on any atom is 0.139 e. The first-order valence-electron chi connectivity index (χ1n) is 3.83. The van der Waals surface area contributed by atoms with E-state index in [9.17, 15) is 4.79 Å². The third-order valence-corrected chi connectivity index (χ3v) is 2.40. The molecule has 1 rings (SSSR count). The van der Waals surface area contributed by atoms with E-state index >= 15 is 0 Å². The third-order valence-electron chi connectivity index (χ3n) is 2.40. The van der Waals surface area contributed by atoms with E-state index in [1.807, 2.05) is 13.0 Å². The minimum absolute atomic E-state index is 0.0538. The van der Waals surface area contributed by atoms with Crippen LogP contribution in [0.25, 0.3) is 0 Å². The van der Waals surface area contributed by atoms with E-state index in [4.69, 9.17) is 0 Å². The summed E-state index contributed by atoms with van der Waals surface area (Å²) in [6.07, 6.45) is 5.61. The third kappa shape index (κ3) is 1.13. The molecule has 10 heavy (non-hydrogen) atoms. The van der Waals surface area contributed by atoms with Gasteiger partial charge < -0.3 is 0 Å². The molecule has 0 N–H and O–H groups in total. The fraction of sp³-hybridized carbons (Fsp3) is 0.667. The molecule has 1 unspecified atom stereocenters. The average Bonchev–Trinajstić information content (AvgIpc) is 2.15. The van der Waals surface area contributed by atoms with Gasteiger partial charge in [-0.2, -0.15) is 0 Å². The Bertz CT molecular complexity index is 160. The van der Waals surface area contributed by atoms with Gasteiger partial charge in [0, 0.05) is 11.8 Å². The fourth-order valence-corrected chi connectivity index (χ4v) is 1.61. The van der Waals surface area contributed by atoms with Crippen LogP contribution in [0.3, 0.4) is 0 Å². The lowest BCUT2D eigenvalue weighted by molar-refractivity contribution is -0.124. The molecule has 0 spiro atoms. The van der Waals surface area contributed by atoms with Crippen LogP contribution in [0.5, 0.6) is 0 Å². The maximum atomic E-state index is 11.2. The summed E-state index contributed by atoms with van der Waals surface area (Å²) < 4.78 is 0. The van der Waals surface area contributed by atoms with Crippen LogP contribution in [0.1, 0.15) is 32.6 Å². The molecule has 0 heterocycles. The highest BCUT2D eigenvalue weighted by atomic mass is 16.1. The highest BCUT2D eigenvalue weighted by molar-refractivity contribution is 5.86. The number of Topliss-reactive ketones (excluding diaryl/α,β-unsaturated/α-hetero) is 1. The summed E-state index contributed by atoms with van der Waals surface area (Å²) in [6.45, 7) is 5.70. The van der Waals surface area contributed by atoms with Crippen molar-refractivity contribution >= 4 is 5.78 Å². The van der Waals surface area contributed by atoms with Gasteiger partial charge >= 0.3 is 0 Å². The standard InChI is InChI=1S/C9H14O/c1-3-6-9(2)7-4-5-8(9)10/h3H,1,4-7H2,2H3. The van der Waals surface area contributed by atoms with Crippen LogP contribution in [0.2, 0.25) is 0 Å². The lowest BCUT2D eigenvalue weighted by Crippen LogP contribution is -2.20. The first kappa shape index (κ1) is 7.52. The van der Waals surface area contributed by atoms with E-state index in [0.29, 0.717) is 5.78 Å². The number of hydrogen-bond acceptors (Lipinski definition) is 1. The zero-order valence-electron chi connectivity index (χ0n) is 6.52. The number of carbonyl (C=O) groups excluding carboxylic acids is 1. The Hall–Kier alpha value is -0.590. The topological polar surface area (TPSA) is 17.1 Å². The van der Waals surface area contributed by atoms with Crippen molar-refractivity contribution in [3.63, 3.8) is 0 Å². The van der Waals surface area contributed by atoms with Crippen molar-refractivity contribution in [3.05, 3.63) is 12.7 Å². The molecule has 1 saturated carbocycles. The van der Waals surface area contributed by atoms with Gasteiger partial charge in [0.25, 0.3) is 0 Å². The molecular weight excluding hydrogens is 124 g/mol. The van der Waals surface area contributed by atoms with Crippen molar-refractivity contribution in [2.75, 3.05) is 0 Å². The van der Waals surface area contributed by atoms with E-state index in [1.54, 1.807) is 0 Å². The van der Waals surface area contributed by atoms with Crippen LogP contribution in [0.15, 0.2) is 12.7 Å². The Morgan fingerprint density at radius 1 is 1.80 bits per heavy atom. The van der Waals surface area contributed by atoms with Gasteiger partial charge in [0.05, 0.1) is 0 Å². The van der Waals surface area contributed by atoms with Gasteiger partial charge in [-0.15, -0.1) is 6.58 Å². The van der Waals surface area contributed by atoms with Gasteiger partial charge in [0.1, 0.15) is 5.78 Å². The van der Waals surface area contributed by atoms with E-state index in [1.165, 1.54) is 0 Å². The van der Waals surface area contributed by atoms with E-state index in [-0.39, 0.29) is 5.41 Å². The summed E-state index contributed by atoms with van der Waals surface area (Å²) in [7, 11) is 0. The zero-order chi connectivity index (χ0) is 7.61. The molecule has 0 amide bonds. The molecule has 1 aliphatic carbocycles. The smallest absolute Gasteiger partial charge is 0.139 e. The minimum Gasteiger partial charge on any atom is -0.299 e. The number of rotatable bonds is 2. The Morgan fingerprint density at radius 3 is 2.90 bits per heavy atom. The molecule has 0 aromatic carbocycles. The van der Waals surface area contributed by atoms with Crippen LogP contribution < -0.4 is 0 Å². The molecular formula is C9H14O. The molecule has 0 saturated heterocycles. The summed E-state index contributed by atoms with van der Waals surface area (Å²) in [5, 5.41) is 0. The molecule has 1 atom stereocenters. The number of hydrogen-bond donors (Lipinski definition) is 0. The molecule has 0 aromatic heterocycles. The lowest BCUT2D eigenvalue weighted by atomic mass is 9.84. The quantitative estimate of drug-likeness (QED) is 0.535. The molecule has 0 aliphatic heterocycles. The SMILES string of the molecule is C=CCC1(C)CCCC1=O. The van der Waals surface area contributed by atoms with Crippen molar-refractivity contribution in [1.29, 1.82) is 0 Å². The van der Waals surface area contributed by atoms with E-state index in [0.717, 1.165) is 25.7 Å². The predicted molar refractivity (Wildman–Crippen MR) is 41.8 cm³/mol. The van der Waals surface area contributed by atoms with Crippen LogP contribution in [-0.2, 0) is 4.79 Å². The second-order valence-corrected chi connectivity index (χ2v) is 3.33. The van der Waals surface area contributed by atoms with E-state index < -0.39 is 0 Å². The van der Waals surface area contributed by atoms with Crippen molar-refractivity contribution in [2.45, 2.75) is 32.6 Å². The second-order valence-electron chi connectivity index (χ2n) is 3.33. The average molecular weight is 138 g/mol. The Labute approximate surface area is 62.1 Å². The monoisotopic (exact) mass is 138 g/mol. The summed E-state index contributed by atoms with van der Waals surface area (Å²) in [6, 6.07) is 0. The van der Waals surface area contributed by atoms with Gasteiger partial charge in [0.2, 0.25) is 0 Å². The fourth-order valence-electron chi connectivity index (χ4n) is 1.61. The molecule has 56 valence electrons. The summed E-state index contributed by atoms with van der Waals surface area (Å²) in [5.74, 6) is 0.424. The molecule has 0 bridgehead atoms. The van der Waals surface area contributed by atoms with Gasteiger partial charge in [-0.05, 0) is 19.3 Å². The number of allylic oxidation sites excluding steroid dienone is 1. The van der Waals surface area contributed by atoms with Crippen LogP contribution in [-0.4, -0.2) is 5.78 Å². The van der Waals surface area contributed by atoms with Crippen molar-refractivity contribution < 1.29 is 4.79 Å². The van der Waals surface area contributed by atoms with Crippen molar-refractivity contribution in [3.8, 4) is 0 Å². The van der Waals surface area contributed by atoms with Crippen LogP contribution >= 0.6 is 0 Å². The highest BCUT2D eigenvalue weighted by Gasteiger charge is 2.35. The van der Waals surface area contributed by atoms with Crippen molar-refractivity contribution in [1.82, 2.24) is 0 Å². The molecule has 1 aliphatic rings. The minimum atomic E-state index is -0.0538. The molecule has 1 fully saturated rings. The first-order valence-corrected chi connectivity index (χ1v) is 3.83. The Kier molecular flexibility index (Phi) is 1.93. The van der Waals surface area contributed by atoms with Gasteiger partial charge in [0.15, 0.2) is 0 Å². The predicted octanol–water partition coefficient (Wildman–Crippen LogP) is 2.32. The second kappa shape index (κ2) is 2.57. The van der Waals surface area contributed by atoms with Crippen molar-refractivity contribution in [2.24, 2.45) is 5.41 Å². The maximum absolute atomic E-state index is 11.2. The molecule has 0 radical (unpaired) electrons. The zero-order valence-corrected chi connectivity index (χ0v) is 6.52. The number of carbonyl (C=O) groups is 1. The molecule has 1 nitrogen and oxygen atoms in total. The van der Waals surface area contributed by atoms with E-state index in [2.05, 4.69) is 6.58 Å². The largest absolute Gasteiger partial charge is 0.299 e. The van der Waals surface area contributed by atoms with Crippen LogP contribution in [0, 0.1) is 5.41 Å². The summed E-state index contributed by atoms with van der Waals surface area (Å²) in [5.41, 5.74) is -0.0538. The van der Waals surface area contributed by atoms with Crippen LogP contribution in [0.4, 0.5) is 0 Å². The molecule has 1 heteroatoms. The number of ketones is 1. The summed E-state index contributed by atoms with van der Waals surface area (Å²) in [4.78, 5) is 11.2.